The average molecular weight is 369 g/mol. The molecule has 0 aliphatic heterocycles. The number of thioether (sulfide) groups is 1. The highest BCUT2D eigenvalue weighted by atomic mass is 32.2. The fourth-order valence-electron chi connectivity index (χ4n) is 1.64. The highest BCUT2D eigenvalue weighted by molar-refractivity contribution is 8.13. The van der Waals surface area contributed by atoms with Gasteiger partial charge in [-0.05, 0) is 39.2 Å². The summed E-state index contributed by atoms with van der Waals surface area (Å²) in [5, 5.41) is 12.9. The van der Waals surface area contributed by atoms with Gasteiger partial charge in [-0.3, -0.25) is 15.8 Å². The third kappa shape index (κ3) is 6.67. The van der Waals surface area contributed by atoms with Gasteiger partial charge < -0.3 is 9.88 Å². The van der Waals surface area contributed by atoms with Crippen molar-refractivity contribution in [3.63, 3.8) is 0 Å². The lowest BCUT2D eigenvalue weighted by Gasteiger charge is -2.08. The van der Waals surface area contributed by atoms with Gasteiger partial charge >= 0.3 is 0 Å². The van der Waals surface area contributed by atoms with Gasteiger partial charge in [0.1, 0.15) is 11.4 Å². The maximum Gasteiger partial charge on any atom is 0.186 e. The number of imidazole rings is 1. The minimum absolute atomic E-state index is 0.461. The van der Waals surface area contributed by atoms with Crippen LogP contribution >= 0.6 is 24.0 Å². The van der Waals surface area contributed by atoms with Gasteiger partial charge in [-0.15, -0.1) is 0 Å². The van der Waals surface area contributed by atoms with Crippen LogP contribution in [0.25, 0.3) is 0 Å². The van der Waals surface area contributed by atoms with E-state index in [1.54, 1.807) is 6.33 Å². The standard InChI is InChI=1S/C14H24N8S2/c1-6-15-13(23)20-18-10(3)12(11-8-22(4)9-17-11)19-21-14(24-5)16-7-2/h8-9H,6-7H2,1-5H3,(H,16,21)(H2,15,20,23)/b18-10+,19-12-. The molecule has 0 saturated heterocycles. The Balaban J connectivity index is 3.03. The Morgan fingerprint density at radius 1 is 1.33 bits per heavy atom. The van der Waals surface area contributed by atoms with Crippen LogP contribution in [0.5, 0.6) is 0 Å². The van der Waals surface area contributed by atoms with Gasteiger partial charge in [-0.1, -0.05) is 11.8 Å². The maximum atomic E-state index is 5.11. The second-order valence-corrected chi connectivity index (χ2v) is 5.85. The summed E-state index contributed by atoms with van der Waals surface area (Å²) in [4.78, 5) is 8.66. The minimum Gasteiger partial charge on any atom is -0.362 e. The zero-order valence-corrected chi connectivity index (χ0v) is 16.3. The molecule has 10 heteroatoms. The first-order valence-electron chi connectivity index (χ1n) is 7.50. The summed E-state index contributed by atoms with van der Waals surface area (Å²) in [5.41, 5.74) is 7.73. The van der Waals surface area contributed by atoms with Gasteiger partial charge in [-0.25, -0.2) is 4.98 Å². The topological polar surface area (TPSA) is 91.0 Å². The number of thiocarbonyl (C=S) groups is 1. The number of aryl methyl sites for hydroxylation is 1. The molecule has 1 heterocycles. The van der Waals surface area contributed by atoms with Crippen LogP contribution in [0.4, 0.5) is 0 Å². The highest BCUT2D eigenvalue weighted by Crippen LogP contribution is 2.01. The molecule has 8 nitrogen and oxygen atoms in total. The molecule has 1 rings (SSSR count). The molecule has 1 aromatic heterocycles. The fourth-order valence-corrected chi connectivity index (χ4v) is 2.22. The smallest absolute Gasteiger partial charge is 0.186 e. The van der Waals surface area contributed by atoms with E-state index < -0.39 is 0 Å². The zero-order valence-electron chi connectivity index (χ0n) is 14.6. The quantitative estimate of drug-likeness (QED) is 0.304. The van der Waals surface area contributed by atoms with Crippen molar-refractivity contribution in [1.82, 2.24) is 25.7 Å². The third-order valence-corrected chi connectivity index (χ3v) is 3.55. The fraction of sp³-hybridized carbons (Fsp3) is 0.500. The molecular formula is C14H24N8S2. The Bertz CT molecular complexity index is 632. The van der Waals surface area contributed by atoms with Crippen molar-refractivity contribution in [2.24, 2.45) is 22.2 Å². The molecule has 1 aromatic rings. The van der Waals surface area contributed by atoms with Crippen LogP contribution in [0.1, 0.15) is 26.5 Å². The monoisotopic (exact) mass is 368 g/mol. The number of hydrogen-bond donors (Lipinski definition) is 3. The molecule has 0 aliphatic carbocycles. The summed E-state index contributed by atoms with van der Waals surface area (Å²) in [6.45, 7) is 7.19. The number of nitrogens with one attached hydrogen (secondary N) is 3. The van der Waals surface area contributed by atoms with E-state index in [4.69, 9.17) is 12.2 Å². The van der Waals surface area contributed by atoms with Crippen molar-refractivity contribution >= 4 is 45.7 Å². The number of aromatic nitrogens is 2. The van der Waals surface area contributed by atoms with Crippen LogP contribution in [0, 0.1) is 0 Å². The van der Waals surface area contributed by atoms with Crippen LogP contribution < -0.4 is 16.2 Å². The molecule has 0 unspecified atom stereocenters. The van der Waals surface area contributed by atoms with E-state index in [9.17, 15) is 0 Å². The summed E-state index contributed by atoms with van der Waals surface area (Å²) >= 11 is 6.60. The molecule has 0 atom stereocenters. The highest BCUT2D eigenvalue weighted by Gasteiger charge is 2.12. The molecular weight excluding hydrogens is 344 g/mol. The van der Waals surface area contributed by atoms with Crippen LogP contribution in [0.15, 0.2) is 27.7 Å². The van der Waals surface area contributed by atoms with Crippen LogP contribution in [0.3, 0.4) is 0 Å². The lowest BCUT2D eigenvalue weighted by Crippen LogP contribution is -2.33. The number of amidine groups is 1. The number of nitrogens with zero attached hydrogens (tertiary/aromatic N) is 5. The van der Waals surface area contributed by atoms with E-state index in [1.807, 2.05) is 44.8 Å². The number of aliphatic imine (C=N–C) groups is 1. The van der Waals surface area contributed by atoms with E-state index in [-0.39, 0.29) is 0 Å². The SMILES string of the molecule is CCN=C(N/N=C(/C(C)=N/NC(=S)NCC)c1cn(C)cn1)SC. The summed E-state index contributed by atoms with van der Waals surface area (Å²) in [5.74, 6) is 0. The number of rotatable bonds is 6. The van der Waals surface area contributed by atoms with Crippen LogP contribution in [-0.2, 0) is 7.05 Å². The summed E-state index contributed by atoms with van der Waals surface area (Å²) in [6, 6.07) is 0. The Hall–Kier alpha value is -1.94. The van der Waals surface area contributed by atoms with E-state index in [1.165, 1.54) is 11.8 Å². The first-order valence-corrected chi connectivity index (χ1v) is 9.14. The average Bonchev–Trinajstić information content (AvgIpc) is 2.98. The van der Waals surface area contributed by atoms with Crippen LogP contribution in [-0.4, -0.2) is 50.6 Å². The minimum atomic E-state index is 0.461. The van der Waals surface area contributed by atoms with E-state index in [0.29, 0.717) is 28.8 Å². The lowest BCUT2D eigenvalue weighted by atomic mass is 10.2. The largest absolute Gasteiger partial charge is 0.362 e. The molecule has 132 valence electrons. The van der Waals surface area contributed by atoms with Gasteiger partial charge in [0.25, 0.3) is 0 Å². The van der Waals surface area contributed by atoms with E-state index >= 15 is 0 Å². The Kier molecular flexibility index (Phi) is 9.02. The first-order chi connectivity index (χ1) is 11.5. The predicted octanol–water partition coefficient (Wildman–Crippen LogP) is 1.31. The summed E-state index contributed by atoms with van der Waals surface area (Å²) in [7, 11) is 1.90. The van der Waals surface area contributed by atoms with E-state index in [2.05, 4.69) is 36.3 Å². The van der Waals surface area contributed by atoms with Gasteiger partial charge in [-0.2, -0.15) is 10.2 Å². The normalized spacial score (nSPS) is 13.0. The molecule has 0 aromatic carbocycles. The number of hydrogen-bond acceptors (Lipinski definition) is 6. The van der Waals surface area contributed by atoms with Gasteiger partial charge in [0.2, 0.25) is 0 Å². The molecule has 0 fully saturated rings. The van der Waals surface area contributed by atoms with Crippen molar-refractivity contribution < 1.29 is 0 Å². The van der Waals surface area contributed by atoms with Crippen molar-refractivity contribution in [3.05, 3.63) is 18.2 Å². The Morgan fingerprint density at radius 2 is 2.08 bits per heavy atom. The number of hydrazone groups is 2. The van der Waals surface area contributed by atoms with E-state index in [0.717, 1.165) is 11.7 Å². The Labute approximate surface area is 152 Å². The van der Waals surface area contributed by atoms with Gasteiger partial charge in [0, 0.05) is 26.3 Å². The molecule has 3 N–H and O–H groups in total. The maximum absolute atomic E-state index is 5.11. The van der Waals surface area contributed by atoms with Crippen molar-refractivity contribution in [3.8, 4) is 0 Å². The predicted molar refractivity (Wildman–Crippen MR) is 107 cm³/mol. The molecule has 24 heavy (non-hydrogen) atoms. The summed E-state index contributed by atoms with van der Waals surface area (Å²) in [6.07, 6.45) is 5.52. The second kappa shape index (κ2) is 10.8. The molecule has 0 amide bonds. The molecule has 0 radical (unpaired) electrons. The zero-order chi connectivity index (χ0) is 17.9. The molecule has 0 bridgehead atoms. The van der Waals surface area contributed by atoms with Crippen LogP contribution in [0.2, 0.25) is 0 Å². The molecule has 0 spiro atoms. The van der Waals surface area contributed by atoms with Gasteiger partial charge in [0.15, 0.2) is 10.3 Å². The van der Waals surface area contributed by atoms with Crippen molar-refractivity contribution in [1.29, 1.82) is 0 Å². The molecule has 0 aliphatic rings. The molecule has 0 saturated carbocycles. The van der Waals surface area contributed by atoms with Crippen molar-refractivity contribution in [2.75, 3.05) is 19.3 Å². The third-order valence-electron chi connectivity index (χ3n) is 2.71. The van der Waals surface area contributed by atoms with Gasteiger partial charge in [0.05, 0.1) is 12.0 Å². The summed E-state index contributed by atoms with van der Waals surface area (Å²) < 4.78 is 1.85. The second-order valence-electron chi connectivity index (χ2n) is 4.65. The lowest BCUT2D eigenvalue weighted by molar-refractivity contribution is 0.901. The van der Waals surface area contributed by atoms with Crippen molar-refractivity contribution in [2.45, 2.75) is 20.8 Å². The first kappa shape index (κ1) is 20.1. The Morgan fingerprint density at radius 3 is 2.62 bits per heavy atom.